The molecule has 0 N–H and O–H groups in total. The van der Waals surface area contributed by atoms with Crippen LogP contribution in [0.15, 0.2) is 24.3 Å². The van der Waals surface area contributed by atoms with Crippen molar-refractivity contribution < 1.29 is 17.6 Å². The predicted molar refractivity (Wildman–Crippen MR) is 90.3 cm³/mol. The van der Waals surface area contributed by atoms with E-state index in [0.717, 1.165) is 23.7 Å². The van der Waals surface area contributed by atoms with Gasteiger partial charge in [-0.15, -0.1) is 0 Å². The highest BCUT2D eigenvalue weighted by atomic mass is 32.2. The van der Waals surface area contributed by atoms with Gasteiger partial charge in [0.1, 0.15) is 5.82 Å². The van der Waals surface area contributed by atoms with E-state index in [1.165, 1.54) is 6.07 Å². The molecule has 0 radical (unpaired) electrons. The van der Waals surface area contributed by atoms with E-state index in [4.69, 9.17) is 0 Å². The Kier molecular flexibility index (Phi) is 6.31. The maximum Gasteiger partial charge on any atom is 0.223 e. The molecule has 8 heteroatoms. The summed E-state index contributed by atoms with van der Waals surface area (Å²) in [6, 6.07) is 6.07. The van der Waals surface area contributed by atoms with Crippen molar-refractivity contribution in [1.82, 2.24) is 14.1 Å². The molecule has 134 valence electrons. The first-order valence-electron chi connectivity index (χ1n) is 7.92. The van der Waals surface area contributed by atoms with Crippen LogP contribution in [0.25, 0.3) is 0 Å². The van der Waals surface area contributed by atoms with E-state index >= 15 is 0 Å². The van der Waals surface area contributed by atoms with Crippen LogP contribution in [0.5, 0.6) is 0 Å². The van der Waals surface area contributed by atoms with Crippen molar-refractivity contribution in [3.63, 3.8) is 0 Å². The fraction of sp³-hybridized carbons (Fsp3) is 0.562. The molecule has 0 saturated carbocycles. The lowest BCUT2D eigenvalue weighted by Crippen LogP contribution is -2.47. The van der Waals surface area contributed by atoms with Crippen LogP contribution in [0.1, 0.15) is 12.0 Å². The summed E-state index contributed by atoms with van der Waals surface area (Å²) in [6.07, 6.45) is 1.18. The Bertz CT molecular complexity index is 673. The van der Waals surface area contributed by atoms with E-state index in [2.05, 4.69) is 4.90 Å². The van der Waals surface area contributed by atoms with Crippen LogP contribution in [0.3, 0.4) is 0 Å². The highest BCUT2D eigenvalue weighted by Gasteiger charge is 2.23. The number of sulfonamides is 1. The van der Waals surface area contributed by atoms with E-state index in [0.29, 0.717) is 18.7 Å². The fourth-order valence-electron chi connectivity index (χ4n) is 2.61. The summed E-state index contributed by atoms with van der Waals surface area (Å²) in [5.41, 5.74) is 0.301. The molecular formula is C16H24FN3O3S. The van der Waals surface area contributed by atoms with Crippen molar-refractivity contribution in [2.45, 2.75) is 13.0 Å². The number of hydrogen-bond acceptors (Lipinski definition) is 4. The lowest BCUT2D eigenvalue weighted by Gasteiger charge is -2.33. The number of piperazine rings is 1. The standard InChI is InChI=1S/C16H24FN3O3S/c1-18-9-11-19(12-10-18)16(21)7-8-20(24(2,22)23)13-14-5-3-4-6-15(14)17/h3-6H,7-13H2,1-2H3. The molecular weight excluding hydrogens is 333 g/mol. The number of hydrogen-bond donors (Lipinski definition) is 0. The van der Waals surface area contributed by atoms with Gasteiger partial charge in [0.2, 0.25) is 15.9 Å². The first kappa shape index (κ1) is 18.8. The van der Waals surface area contributed by atoms with Gasteiger partial charge in [-0.2, -0.15) is 4.31 Å². The number of rotatable bonds is 6. The minimum Gasteiger partial charge on any atom is -0.340 e. The monoisotopic (exact) mass is 357 g/mol. The molecule has 0 unspecified atom stereocenters. The summed E-state index contributed by atoms with van der Waals surface area (Å²) in [6.45, 7) is 2.93. The van der Waals surface area contributed by atoms with Crippen LogP contribution in [0.4, 0.5) is 4.39 Å². The number of amides is 1. The number of benzene rings is 1. The highest BCUT2D eigenvalue weighted by molar-refractivity contribution is 7.88. The van der Waals surface area contributed by atoms with Crippen LogP contribution in [-0.4, -0.2) is 74.5 Å². The Morgan fingerprint density at radius 3 is 2.42 bits per heavy atom. The molecule has 0 spiro atoms. The molecule has 1 fully saturated rings. The van der Waals surface area contributed by atoms with Crippen LogP contribution in [0, 0.1) is 5.82 Å². The molecule has 1 aliphatic rings. The number of likely N-dealkylation sites (N-methyl/N-ethyl adjacent to an activating group) is 1. The van der Waals surface area contributed by atoms with Crippen LogP contribution in [-0.2, 0) is 21.4 Å². The Hall–Kier alpha value is -1.51. The first-order valence-corrected chi connectivity index (χ1v) is 9.77. The van der Waals surface area contributed by atoms with E-state index in [1.807, 2.05) is 7.05 Å². The van der Waals surface area contributed by atoms with Crippen molar-refractivity contribution in [1.29, 1.82) is 0 Å². The van der Waals surface area contributed by atoms with Crippen LogP contribution < -0.4 is 0 Å². The number of halogens is 1. The Balaban J connectivity index is 1.97. The summed E-state index contributed by atoms with van der Waals surface area (Å²) >= 11 is 0. The second-order valence-electron chi connectivity index (χ2n) is 6.12. The van der Waals surface area contributed by atoms with E-state index in [-0.39, 0.29) is 25.4 Å². The third kappa shape index (κ3) is 5.25. The topological polar surface area (TPSA) is 60.9 Å². The molecule has 1 aromatic rings. The molecule has 1 amide bonds. The molecule has 0 atom stereocenters. The van der Waals surface area contributed by atoms with Gasteiger partial charge in [0.25, 0.3) is 0 Å². The van der Waals surface area contributed by atoms with Gasteiger partial charge in [-0.1, -0.05) is 18.2 Å². The van der Waals surface area contributed by atoms with Gasteiger partial charge in [0.05, 0.1) is 6.26 Å². The quantitative estimate of drug-likeness (QED) is 0.754. The summed E-state index contributed by atoms with van der Waals surface area (Å²) < 4.78 is 38.8. The second-order valence-corrected chi connectivity index (χ2v) is 8.10. The third-order valence-corrected chi connectivity index (χ3v) is 5.45. The average molecular weight is 357 g/mol. The molecule has 0 bridgehead atoms. The van der Waals surface area contributed by atoms with Crippen molar-refractivity contribution >= 4 is 15.9 Å². The van der Waals surface area contributed by atoms with Crippen LogP contribution in [0.2, 0.25) is 0 Å². The average Bonchev–Trinajstić information content (AvgIpc) is 2.52. The third-order valence-electron chi connectivity index (χ3n) is 4.20. The number of carbonyl (C=O) groups excluding carboxylic acids is 1. The molecule has 1 saturated heterocycles. The van der Waals surface area contributed by atoms with Gasteiger partial charge in [0, 0.05) is 51.3 Å². The van der Waals surface area contributed by atoms with Gasteiger partial charge < -0.3 is 9.80 Å². The van der Waals surface area contributed by atoms with E-state index in [9.17, 15) is 17.6 Å². The van der Waals surface area contributed by atoms with Gasteiger partial charge in [0.15, 0.2) is 0 Å². The van der Waals surface area contributed by atoms with Gasteiger partial charge in [-0.25, -0.2) is 12.8 Å². The van der Waals surface area contributed by atoms with Crippen molar-refractivity contribution in [3.8, 4) is 0 Å². The maximum absolute atomic E-state index is 13.8. The smallest absolute Gasteiger partial charge is 0.223 e. The summed E-state index contributed by atoms with van der Waals surface area (Å²) in [4.78, 5) is 16.2. The van der Waals surface area contributed by atoms with E-state index < -0.39 is 15.8 Å². The summed E-state index contributed by atoms with van der Waals surface area (Å²) in [5, 5.41) is 0. The fourth-order valence-corrected chi connectivity index (χ4v) is 3.41. The zero-order valence-corrected chi connectivity index (χ0v) is 14.9. The maximum atomic E-state index is 13.8. The minimum absolute atomic E-state index is 0.0539. The first-order chi connectivity index (χ1) is 11.3. The highest BCUT2D eigenvalue weighted by Crippen LogP contribution is 2.13. The summed E-state index contributed by atoms with van der Waals surface area (Å²) in [5.74, 6) is -0.512. The SMILES string of the molecule is CN1CCN(C(=O)CCN(Cc2ccccc2F)S(C)(=O)=O)CC1. The van der Waals surface area contributed by atoms with Crippen molar-refractivity contribution in [3.05, 3.63) is 35.6 Å². The van der Waals surface area contributed by atoms with E-state index in [1.54, 1.807) is 23.1 Å². The van der Waals surface area contributed by atoms with Gasteiger partial charge in [-0.3, -0.25) is 4.79 Å². The minimum atomic E-state index is -3.53. The molecule has 1 aromatic carbocycles. The summed E-state index contributed by atoms with van der Waals surface area (Å²) in [7, 11) is -1.53. The van der Waals surface area contributed by atoms with Crippen molar-refractivity contribution in [2.24, 2.45) is 0 Å². The normalized spacial score (nSPS) is 16.6. The molecule has 24 heavy (non-hydrogen) atoms. The Morgan fingerprint density at radius 2 is 1.83 bits per heavy atom. The van der Waals surface area contributed by atoms with Gasteiger partial charge in [-0.05, 0) is 13.1 Å². The largest absolute Gasteiger partial charge is 0.340 e. The van der Waals surface area contributed by atoms with Crippen LogP contribution >= 0.6 is 0 Å². The second kappa shape index (κ2) is 8.04. The molecule has 0 aliphatic carbocycles. The number of nitrogens with zero attached hydrogens (tertiary/aromatic N) is 3. The molecule has 6 nitrogen and oxygen atoms in total. The van der Waals surface area contributed by atoms with Crippen molar-refractivity contribution in [2.75, 3.05) is 46.0 Å². The lowest BCUT2D eigenvalue weighted by molar-refractivity contribution is -0.132. The number of carbonyl (C=O) groups is 1. The predicted octanol–water partition coefficient (Wildman–Crippen LogP) is 0.751. The lowest BCUT2D eigenvalue weighted by atomic mass is 10.2. The molecule has 0 aromatic heterocycles. The van der Waals surface area contributed by atoms with Gasteiger partial charge >= 0.3 is 0 Å². The molecule has 2 rings (SSSR count). The molecule has 1 heterocycles. The zero-order chi connectivity index (χ0) is 17.7. The Labute approximate surface area is 142 Å². The zero-order valence-electron chi connectivity index (χ0n) is 14.1. The molecule has 1 aliphatic heterocycles. The Morgan fingerprint density at radius 1 is 1.21 bits per heavy atom.